The van der Waals surface area contributed by atoms with E-state index in [1.165, 1.54) is 7.11 Å². The lowest BCUT2D eigenvalue weighted by atomic mass is 9.99. The van der Waals surface area contributed by atoms with E-state index in [0.29, 0.717) is 23.2 Å². The summed E-state index contributed by atoms with van der Waals surface area (Å²) >= 11 is 0. The first kappa shape index (κ1) is 15.3. The predicted octanol–water partition coefficient (Wildman–Crippen LogP) is 0.696. The fraction of sp³-hybridized carbons (Fsp3) is 0.429. The number of aromatic nitrogens is 1. The van der Waals surface area contributed by atoms with Crippen molar-refractivity contribution < 1.29 is 19.1 Å². The monoisotopic (exact) mass is 294 g/mol. The number of hydrogen-bond donors (Lipinski definition) is 3. The summed E-state index contributed by atoms with van der Waals surface area (Å²) in [5, 5.41) is 13.5. The molecule has 0 saturated carbocycles. The molecule has 21 heavy (non-hydrogen) atoms. The topological polar surface area (TPSA) is 105 Å². The number of esters is 1. The number of carbonyl (C=O) groups excluding carboxylic acids is 1. The number of aliphatic hydroxyl groups is 1. The van der Waals surface area contributed by atoms with Crippen molar-refractivity contribution in [2.75, 3.05) is 13.7 Å². The maximum absolute atomic E-state index is 11.4. The molecule has 2 rings (SSSR count). The Bertz CT molecular complexity index is 675. The highest BCUT2D eigenvalue weighted by molar-refractivity contribution is 5.73. The normalized spacial score (nSPS) is 14.0. The van der Waals surface area contributed by atoms with Gasteiger partial charge in [0.25, 0.3) is 0 Å². The first-order chi connectivity index (χ1) is 10.0. The highest BCUT2D eigenvalue weighted by atomic mass is 16.5. The minimum absolute atomic E-state index is 0.0423. The Morgan fingerprint density at radius 3 is 2.95 bits per heavy atom. The average Bonchev–Trinajstić information content (AvgIpc) is 2.84. The van der Waals surface area contributed by atoms with Gasteiger partial charge in [-0.2, -0.15) is 0 Å². The van der Waals surface area contributed by atoms with Crippen LogP contribution in [0.4, 0.5) is 0 Å². The van der Waals surface area contributed by atoms with E-state index in [1.807, 2.05) is 6.92 Å². The van der Waals surface area contributed by atoms with Crippen molar-refractivity contribution in [2.24, 2.45) is 0 Å². The lowest BCUT2D eigenvalue weighted by Gasteiger charge is -2.23. The number of aromatic amines is 1. The molecule has 0 amide bonds. The molecule has 0 bridgehead atoms. The van der Waals surface area contributed by atoms with Crippen LogP contribution in [-0.2, 0) is 9.53 Å². The lowest BCUT2D eigenvalue weighted by molar-refractivity contribution is -0.142. The standard InChI is InChI=1S/C14H18N2O5/c1-3-15-10(7-12(17)20-2)13(18)8-4-5-9-11(6-8)21-14(19)16-9/h4-6,10,13,15,18H,3,7H2,1-2H3,(H,16,19). The maximum atomic E-state index is 11.4. The molecule has 2 atom stereocenters. The van der Waals surface area contributed by atoms with Gasteiger partial charge in [0.1, 0.15) is 0 Å². The number of methoxy groups -OCH3 is 1. The molecule has 3 N–H and O–H groups in total. The lowest BCUT2D eigenvalue weighted by Crippen LogP contribution is -2.37. The second-order valence-electron chi connectivity index (χ2n) is 4.66. The van der Waals surface area contributed by atoms with E-state index < -0.39 is 23.9 Å². The van der Waals surface area contributed by atoms with Crippen LogP contribution in [0.5, 0.6) is 0 Å². The van der Waals surface area contributed by atoms with Crippen LogP contribution in [0.25, 0.3) is 11.1 Å². The second kappa shape index (κ2) is 6.55. The summed E-state index contributed by atoms with van der Waals surface area (Å²) in [6.45, 7) is 2.48. The quantitative estimate of drug-likeness (QED) is 0.677. The Hall–Kier alpha value is -2.12. The van der Waals surface area contributed by atoms with Gasteiger partial charge < -0.3 is 19.6 Å². The summed E-state index contributed by atoms with van der Waals surface area (Å²) < 4.78 is 9.60. The SMILES string of the molecule is CCNC(CC(=O)OC)C(O)c1ccc2[nH]c(=O)oc2c1. The van der Waals surface area contributed by atoms with Gasteiger partial charge >= 0.3 is 11.7 Å². The first-order valence-electron chi connectivity index (χ1n) is 6.66. The summed E-state index contributed by atoms with van der Waals surface area (Å²) in [6, 6.07) is 4.44. The van der Waals surface area contributed by atoms with Gasteiger partial charge in [0.05, 0.1) is 25.2 Å². The van der Waals surface area contributed by atoms with E-state index in [9.17, 15) is 14.7 Å². The zero-order valence-corrected chi connectivity index (χ0v) is 11.9. The zero-order chi connectivity index (χ0) is 15.4. The number of carbonyl (C=O) groups is 1. The third-order valence-electron chi connectivity index (χ3n) is 3.25. The number of likely N-dealkylation sites (N-methyl/N-ethyl adjacent to an activating group) is 1. The van der Waals surface area contributed by atoms with Crippen molar-refractivity contribution in [3.05, 3.63) is 34.3 Å². The number of aliphatic hydroxyl groups excluding tert-OH is 1. The number of rotatable bonds is 6. The van der Waals surface area contributed by atoms with E-state index in [4.69, 9.17) is 4.42 Å². The Labute approximate surface area is 120 Å². The molecule has 0 saturated heterocycles. The molecule has 0 fully saturated rings. The number of oxazole rings is 1. The van der Waals surface area contributed by atoms with Gasteiger partial charge in [0.2, 0.25) is 0 Å². The van der Waals surface area contributed by atoms with Crippen molar-refractivity contribution >= 4 is 17.1 Å². The van der Waals surface area contributed by atoms with Crippen molar-refractivity contribution in [3.63, 3.8) is 0 Å². The van der Waals surface area contributed by atoms with Crippen LogP contribution in [-0.4, -0.2) is 35.8 Å². The average molecular weight is 294 g/mol. The highest BCUT2D eigenvalue weighted by Gasteiger charge is 2.24. The van der Waals surface area contributed by atoms with Crippen LogP contribution in [0.1, 0.15) is 25.0 Å². The molecule has 1 aromatic carbocycles. The van der Waals surface area contributed by atoms with E-state index in [2.05, 4.69) is 15.0 Å². The summed E-state index contributed by atoms with van der Waals surface area (Å²) in [5.74, 6) is -0.955. The molecule has 1 heterocycles. The third-order valence-corrected chi connectivity index (χ3v) is 3.25. The van der Waals surface area contributed by atoms with Gasteiger partial charge in [-0.1, -0.05) is 13.0 Å². The number of nitrogens with one attached hydrogen (secondary N) is 2. The van der Waals surface area contributed by atoms with Crippen molar-refractivity contribution in [1.29, 1.82) is 0 Å². The molecular formula is C14H18N2O5. The molecule has 0 aliphatic rings. The van der Waals surface area contributed by atoms with E-state index >= 15 is 0 Å². The van der Waals surface area contributed by atoms with Crippen LogP contribution >= 0.6 is 0 Å². The van der Waals surface area contributed by atoms with Gasteiger partial charge in [-0.15, -0.1) is 0 Å². The predicted molar refractivity (Wildman–Crippen MR) is 75.9 cm³/mol. The second-order valence-corrected chi connectivity index (χ2v) is 4.66. The molecule has 114 valence electrons. The fourth-order valence-corrected chi connectivity index (χ4v) is 2.20. The summed E-state index contributed by atoms with van der Waals surface area (Å²) in [5.41, 5.74) is 1.48. The van der Waals surface area contributed by atoms with Gasteiger partial charge in [0.15, 0.2) is 5.58 Å². The molecule has 2 unspecified atom stereocenters. The minimum atomic E-state index is -0.923. The van der Waals surface area contributed by atoms with Crippen LogP contribution < -0.4 is 11.1 Å². The molecular weight excluding hydrogens is 276 g/mol. The van der Waals surface area contributed by atoms with Crippen LogP contribution in [0, 0.1) is 0 Å². The minimum Gasteiger partial charge on any atom is -0.469 e. The van der Waals surface area contributed by atoms with Gasteiger partial charge in [-0.3, -0.25) is 9.78 Å². The number of H-pyrrole nitrogens is 1. The van der Waals surface area contributed by atoms with Gasteiger partial charge in [-0.05, 0) is 24.2 Å². The van der Waals surface area contributed by atoms with Crippen LogP contribution in [0.15, 0.2) is 27.4 Å². The molecule has 0 radical (unpaired) electrons. The molecule has 7 heteroatoms. The van der Waals surface area contributed by atoms with Gasteiger partial charge in [-0.25, -0.2) is 4.79 Å². The molecule has 7 nitrogen and oxygen atoms in total. The van der Waals surface area contributed by atoms with Crippen molar-refractivity contribution in [1.82, 2.24) is 10.3 Å². The smallest absolute Gasteiger partial charge is 0.417 e. The third kappa shape index (κ3) is 3.50. The molecule has 0 aliphatic carbocycles. The van der Waals surface area contributed by atoms with E-state index in [-0.39, 0.29) is 6.42 Å². The molecule has 2 aromatic rings. The number of hydrogen-bond acceptors (Lipinski definition) is 6. The summed E-state index contributed by atoms with van der Waals surface area (Å²) in [7, 11) is 1.30. The van der Waals surface area contributed by atoms with Crippen molar-refractivity contribution in [2.45, 2.75) is 25.5 Å². The summed E-state index contributed by atoms with van der Waals surface area (Å²) in [4.78, 5) is 25.1. The van der Waals surface area contributed by atoms with Gasteiger partial charge in [0, 0.05) is 6.04 Å². The number of fused-ring (bicyclic) bond motifs is 1. The van der Waals surface area contributed by atoms with E-state index in [0.717, 1.165) is 0 Å². The number of ether oxygens (including phenoxy) is 1. The maximum Gasteiger partial charge on any atom is 0.417 e. The Balaban J connectivity index is 2.26. The largest absolute Gasteiger partial charge is 0.469 e. The Morgan fingerprint density at radius 1 is 1.52 bits per heavy atom. The highest BCUT2D eigenvalue weighted by Crippen LogP contribution is 2.22. The summed E-state index contributed by atoms with van der Waals surface area (Å²) in [6.07, 6.45) is -0.880. The zero-order valence-electron chi connectivity index (χ0n) is 11.9. The Kier molecular flexibility index (Phi) is 4.77. The fourth-order valence-electron chi connectivity index (χ4n) is 2.20. The van der Waals surface area contributed by atoms with Crippen LogP contribution in [0.2, 0.25) is 0 Å². The molecule has 1 aromatic heterocycles. The van der Waals surface area contributed by atoms with E-state index in [1.54, 1.807) is 18.2 Å². The first-order valence-corrected chi connectivity index (χ1v) is 6.66. The molecule has 0 spiro atoms. The number of benzene rings is 1. The van der Waals surface area contributed by atoms with Crippen LogP contribution in [0.3, 0.4) is 0 Å². The molecule has 0 aliphatic heterocycles. The Morgan fingerprint density at radius 2 is 2.29 bits per heavy atom. The van der Waals surface area contributed by atoms with Crippen molar-refractivity contribution in [3.8, 4) is 0 Å².